The molecule has 1 rings (SSSR count). The van der Waals surface area contributed by atoms with Crippen LogP contribution in [0.1, 0.15) is 258 Å². The molecule has 0 bridgehead atoms. The highest BCUT2D eigenvalue weighted by Crippen LogP contribution is 2.16. The van der Waals surface area contributed by atoms with Gasteiger partial charge in [0.1, 0.15) is 12.4 Å². The van der Waals surface area contributed by atoms with Crippen LogP contribution >= 0.6 is 0 Å². The second kappa shape index (κ2) is 36.5. The molecule has 0 radical (unpaired) electrons. The molecule has 0 spiro atoms. The number of unbranched alkanes of at least 4 members (excludes halogenated alkanes) is 33. The van der Waals surface area contributed by atoms with E-state index >= 15 is 0 Å². The van der Waals surface area contributed by atoms with E-state index in [4.69, 9.17) is 0 Å². The summed E-state index contributed by atoms with van der Waals surface area (Å²) in [7, 11) is 0. The Hall–Kier alpha value is -0.790. The summed E-state index contributed by atoms with van der Waals surface area (Å²) in [6, 6.07) is 0. The number of aryl methyl sites for hydroxylation is 2. The van der Waals surface area contributed by atoms with E-state index in [1.54, 1.807) is 5.82 Å². The smallest absolute Gasteiger partial charge is 0.234 e. The van der Waals surface area contributed by atoms with Crippen LogP contribution in [0, 0.1) is 0 Å². The van der Waals surface area contributed by atoms with Crippen LogP contribution in [0.25, 0.3) is 0 Å². The molecule has 0 fully saturated rings. The molecule has 0 aliphatic heterocycles. The monoisotopic (exact) mass is 658 g/mol. The average Bonchev–Trinajstić information content (AvgIpc) is 3.47. The third-order valence-corrected chi connectivity index (χ3v) is 10.8. The Kier molecular flexibility index (Phi) is 34.3. The highest BCUT2D eigenvalue weighted by atomic mass is 15.1. The lowest BCUT2D eigenvalue weighted by Crippen LogP contribution is -2.37. The Bertz CT molecular complexity index is 722. The van der Waals surface area contributed by atoms with Crippen molar-refractivity contribution in [3.05, 3.63) is 18.2 Å². The molecule has 0 unspecified atom stereocenters. The van der Waals surface area contributed by atoms with Crippen LogP contribution in [0.2, 0.25) is 0 Å². The molecule has 1 aromatic rings. The van der Waals surface area contributed by atoms with Crippen molar-refractivity contribution in [2.24, 2.45) is 0 Å². The first-order valence-corrected chi connectivity index (χ1v) is 22.4. The first-order valence-electron chi connectivity index (χ1n) is 22.4. The van der Waals surface area contributed by atoms with E-state index in [1.807, 2.05) is 0 Å². The Balaban J connectivity index is 2.22. The largest absolute Gasteiger partial charge is 0.256 e. The highest BCUT2D eigenvalue weighted by Gasteiger charge is 2.16. The molecule has 0 saturated heterocycles. The summed E-state index contributed by atoms with van der Waals surface area (Å²) in [5.74, 6) is 1.63. The predicted octanol–water partition coefficient (Wildman–Crippen LogP) is 15.4. The van der Waals surface area contributed by atoms with E-state index in [2.05, 4.69) is 42.3 Å². The lowest BCUT2D eigenvalue weighted by atomic mass is 10.0. The zero-order valence-corrected chi connectivity index (χ0v) is 33.1. The van der Waals surface area contributed by atoms with Crippen LogP contribution in [0.15, 0.2) is 12.4 Å². The minimum atomic E-state index is 1.23. The summed E-state index contributed by atoms with van der Waals surface area (Å²) >= 11 is 0. The topological polar surface area (TPSA) is 8.81 Å². The Morgan fingerprint density at radius 1 is 0.362 bits per heavy atom. The van der Waals surface area contributed by atoms with Gasteiger partial charge in [-0.25, -0.2) is 9.13 Å². The number of imidazole rings is 1. The molecular weight excluding hydrogens is 569 g/mol. The van der Waals surface area contributed by atoms with Gasteiger partial charge in [-0.1, -0.05) is 220 Å². The van der Waals surface area contributed by atoms with Crippen LogP contribution < -0.4 is 4.57 Å². The van der Waals surface area contributed by atoms with Gasteiger partial charge in [-0.05, 0) is 32.1 Å². The van der Waals surface area contributed by atoms with E-state index in [0.717, 1.165) is 0 Å². The average molecular weight is 658 g/mol. The van der Waals surface area contributed by atoms with Crippen molar-refractivity contribution < 1.29 is 4.57 Å². The molecule has 2 nitrogen and oxygen atoms in total. The maximum Gasteiger partial charge on any atom is 0.256 e. The van der Waals surface area contributed by atoms with Crippen LogP contribution in [-0.2, 0) is 19.5 Å². The van der Waals surface area contributed by atoms with Gasteiger partial charge >= 0.3 is 0 Å². The number of rotatable bonds is 39. The minimum Gasteiger partial charge on any atom is -0.234 e. The first-order chi connectivity index (χ1) is 23.3. The van der Waals surface area contributed by atoms with Crippen LogP contribution in [0.4, 0.5) is 0 Å². The van der Waals surface area contributed by atoms with Crippen molar-refractivity contribution in [3.63, 3.8) is 0 Å². The number of nitrogens with zero attached hydrogens (tertiary/aromatic N) is 2. The third kappa shape index (κ3) is 28.7. The Labute approximate surface area is 298 Å². The summed E-state index contributed by atoms with van der Waals surface area (Å²) in [6.45, 7) is 9.41. The fraction of sp³-hybridized carbons (Fsp3) is 0.933. The summed E-state index contributed by atoms with van der Waals surface area (Å²) in [4.78, 5) is 0. The normalized spacial score (nSPS) is 11.6. The quantitative estimate of drug-likeness (QED) is 0.0492. The van der Waals surface area contributed by atoms with Crippen LogP contribution in [0.3, 0.4) is 0 Å². The molecule has 278 valence electrons. The molecule has 0 atom stereocenters. The lowest BCUT2D eigenvalue weighted by molar-refractivity contribution is -0.704. The maximum atomic E-state index is 2.65. The summed E-state index contributed by atoms with van der Waals surface area (Å²) in [5, 5.41) is 0. The number of aromatic nitrogens is 2. The fourth-order valence-electron chi connectivity index (χ4n) is 7.56. The molecule has 0 amide bonds. The fourth-order valence-corrected chi connectivity index (χ4v) is 7.56. The molecular formula is C45H89N2+. The van der Waals surface area contributed by atoms with Gasteiger partial charge in [0.15, 0.2) is 0 Å². The third-order valence-electron chi connectivity index (χ3n) is 10.8. The van der Waals surface area contributed by atoms with Gasteiger partial charge in [0.2, 0.25) is 0 Å². The molecule has 1 aromatic heterocycles. The molecule has 0 aliphatic carbocycles. The molecule has 0 aromatic carbocycles. The van der Waals surface area contributed by atoms with Crippen molar-refractivity contribution >= 4 is 0 Å². The Morgan fingerprint density at radius 2 is 0.660 bits per heavy atom. The number of hydrogen-bond donors (Lipinski definition) is 0. The molecule has 0 saturated carbocycles. The van der Waals surface area contributed by atoms with E-state index in [-0.39, 0.29) is 0 Å². The summed E-state index contributed by atoms with van der Waals surface area (Å²) < 4.78 is 5.28. The van der Waals surface area contributed by atoms with Gasteiger partial charge in [0.25, 0.3) is 5.82 Å². The second-order valence-electron chi connectivity index (χ2n) is 15.5. The standard InChI is InChI=1S/C45H89N2/c1-4-7-10-13-16-19-21-22-23-24-25-26-28-30-33-36-39-42-47-44-43-46(41-38-35-32-18-15-12-9-6-3)45(47)40-37-34-31-29-27-20-17-14-11-8-5-2/h43-44H,4-42H2,1-3H3/q+1. The minimum absolute atomic E-state index is 1.23. The van der Waals surface area contributed by atoms with Crippen molar-refractivity contribution in [2.45, 2.75) is 271 Å². The zero-order valence-electron chi connectivity index (χ0n) is 33.1. The Morgan fingerprint density at radius 3 is 1.02 bits per heavy atom. The second-order valence-corrected chi connectivity index (χ2v) is 15.5. The van der Waals surface area contributed by atoms with Crippen LogP contribution in [0.5, 0.6) is 0 Å². The van der Waals surface area contributed by atoms with Crippen molar-refractivity contribution in [1.82, 2.24) is 4.57 Å². The van der Waals surface area contributed by atoms with Gasteiger partial charge in [-0.15, -0.1) is 0 Å². The molecule has 1 heterocycles. The van der Waals surface area contributed by atoms with E-state index < -0.39 is 0 Å². The van der Waals surface area contributed by atoms with Gasteiger partial charge in [-0.2, -0.15) is 0 Å². The van der Waals surface area contributed by atoms with E-state index in [1.165, 1.54) is 251 Å². The summed E-state index contributed by atoms with van der Waals surface area (Å²) in [6.07, 6.45) is 57.8. The van der Waals surface area contributed by atoms with Gasteiger partial charge in [0.05, 0.1) is 13.1 Å². The molecule has 47 heavy (non-hydrogen) atoms. The van der Waals surface area contributed by atoms with Crippen molar-refractivity contribution in [3.8, 4) is 0 Å². The number of hydrogen-bond acceptors (Lipinski definition) is 0. The van der Waals surface area contributed by atoms with Crippen LogP contribution in [-0.4, -0.2) is 4.57 Å². The highest BCUT2D eigenvalue weighted by molar-refractivity contribution is 4.84. The van der Waals surface area contributed by atoms with Gasteiger partial charge in [0, 0.05) is 6.42 Å². The molecule has 0 N–H and O–H groups in total. The first kappa shape index (κ1) is 44.2. The molecule has 0 aliphatic rings. The predicted molar refractivity (Wildman–Crippen MR) is 212 cm³/mol. The lowest BCUT2D eigenvalue weighted by Gasteiger charge is -2.07. The SMILES string of the molecule is CCCCCCCCCCCCCCCCCCC[n+]1ccn(CCCCCCCCCC)c1CCCCCCCCCCCCC. The van der Waals surface area contributed by atoms with E-state index in [9.17, 15) is 0 Å². The molecule has 2 heteroatoms. The summed E-state index contributed by atoms with van der Waals surface area (Å²) in [5.41, 5.74) is 0. The van der Waals surface area contributed by atoms with Gasteiger partial charge in [-0.3, -0.25) is 0 Å². The van der Waals surface area contributed by atoms with Gasteiger partial charge < -0.3 is 0 Å². The zero-order chi connectivity index (χ0) is 33.7. The van der Waals surface area contributed by atoms with Crippen molar-refractivity contribution in [2.75, 3.05) is 0 Å². The van der Waals surface area contributed by atoms with Crippen molar-refractivity contribution in [1.29, 1.82) is 0 Å². The maximum absolute atomic E-state index is 2.65. The van der Waals surface area contributed by atoms with E-state index in [0.29, 0.717) is 0 Å².